The van der Waals surface area contributed by atoms with Crippen molar-refractivity contribution in [3.05, 3.63) is 16.7 Å². The van der Waals surface area contributed by atoms with Crippen molar-refractivity contribution in [2.24, 2.45) is 0 Å². The maximum atomic E-state index is 10.6. The molecule has 4 heteroatoms. The van der Waals surface area contributed by atoms with E-state index in [-0.39, 0.29) is 0 Å². The fourth-order valence-electron chi connectivity index (χ4n) is 3.27. The second-order valence-corrected chi connectivity index (χ2v) is 5.99. The highest BCUT2D eigenvalue weighted by atomic mass is 16.5. The SMILES string of the molecule is COc1c2c(c(C(C)(C)O)c3c1OCCC3)OCCC2. The van der Waals surface area contributed by atoms with Crippen LogP contribution in [0.25, 0.3) is 0 Å². The highest BCUT2D eigenvalue weighted by Crippen LogP contribution is 2.50. The Morgan fingerprint density at radius 1 is 1.00 bits per heavy atom. The molecule has 0 saturated carbocycles. The van der Waals surface area contributed by atoms with Crippen LogP contribution < -0.4 is 14.2 Å². The van der Waals surface area contributed by atoms with E-state index in [4.69, 9.17) is 14.2 Å². The van der Waals surface area contributed by atoms with E-state index < -0.39 is 5.60 Å². The summed E-state index contributed by atoms with van der Waals surface area (Å²) in [6.45, 7) is 5.01. The van der Waals surface area contributed by atoms with Crippen molar-refractivity contribution >= 4 is 0 Å². The third kappa shape index (κ3) is 2.03. The van der Waals surface area contributed by atoms with Crippen LogP contribution in [0.4, 0.5) is 0 Å². The first-order chi connectivity index (χ1) is 9.54. The molecule has 2 aliphatic heterocycles. The van der Waals surface area contributed by atoms with Crippen molar-refractivity contribution in [2.75, 3.05) is 20.3 Å². The molecule has 1 aromatic rings. The molecule has 0 atom stereocenters. The van der Waals surface area contributed by atoms with Gasteiger partial charge in [-0.1, -0.05) is 0 Å². The molecule has 2 aliphatic rings. The summed E-state index contributed by atoms with van der Waals surface area (Å²) in [6, 6.07) is 0. The average Bonchev–Trinajstić information content (AvgIpc) is 2.43. The number of fused-ring (bicyclic) bond motifs is 2. The Kier molecular flexibility index (Phi) is 3.28. The molecular formula is C16H22O4. The highest BCUT2D eigenvalue weighted by molar-refractivity contribution is 5.65. The lowest BCUT2D eigenvalue weighted by Crippen LogP contribution is -2.26. The first-order valence-corrected chi connectivity index (χ1v) is 7.28. The summed E-state index contributed by atoms with van der Waals surface area (Å²) in [5.74, 6) is 2.41. The number of ether oxygens (including phenoxy) is 3. The Balaban J connectivity index is 2.32. The number of benzene rings is 1. The lowest BCUT2D eigenvalue weighted by Gasteiger charge is -2.33. The van der Waals surface area contributed by atoms with Gasteiger partial charge < -0.3 is 19.3 Å². The maximum Gasteiger partial charge on any atom is 0.167 e. The molecule has 2 heterocycles. The summed E-state index contributed by atoms with van der Waals surface area (Å²) >= 11 is 0. The number of methoxy groups -OCH3 is 1. The van der Waals surface area contributed by atoms with Gasteiger partial charge in [0.15, 0.2) is 11.5 Å². The van der Waals surface area contributed by atoms with Crippen LogP contribution in [-0.2, 0) is 18.4 Å². The smallest absolute Gasteiger partial charge is 0.167 e. The lowest BCUT2D eigenvalue weighted by molar-refractivity contribution is 0.0713. The molecular weight excluding hydrogens is 256 g/mol. The maximum absolute atomic E-state index is 10.6. The van der Waals surface area contributed by atoms with Gasteiger partial charge in [0.25, 0.3) is 0 Å². The molecule has 0 amide bonds. The van der Waals surface area contributed by atoms with E-state index in [1.54, 1.807) is 7.11 Å². The van der Waals surface area contributed by atoms with Gasteiger partial charge in [0.1, 0.15) is 5.75 Å². The Bertz CT molecular complexity index is 491. The van der Waals surface area contributed by atoms with Crippen molar-refractivity contribution in [2.45, 2.75) is 45.1 Å². The molecule has 110 valence electrons. The fourth-order valence-corrected chi connectivity index (χ4v) is 3.27. The van der Waals surface area contributed by atoms with Crippen LogP contribution in [0, 0.1) is 0 Å². The summed E-state index contributed by atoms with van der Waals surface area (Å²) < 4.78 is 17.3. The van der Waals surface area contributed by atoms with E-state index in [0.717, 1.165) is 59.6 Å². The minimum Gasteiger partial charge on any atom is -0.493 e. The fraction of sp³-hybridized carbons (Fsp3) is 0.625. The van der Waals surface area contributed by atoms with E-state index in [9.17, 15) is 5.11 Å². The summed E-state index contributed by atoms with van der Waals surface area (Å²) in [7, 11) is 1.67. The Morgan fingerprint density at radius 3 is 2.20 bits per heavy atom. The minimum absolute atomic E-state index is 0.693. The van der Waals surface area contributed by atoms with Crippen molar-refractivity contribution in [1.29, 1.82) is 0 Å². The molecule has 1 N–H and O–H groups in total. The van der Waals surface area contributed by atoms with Gasteiger partial charge in [-0.05, 0) is 39.5 Å². The van der Waals surface area contributed by atoms with Gasteiger partial charge in [0.2, 0.25) is 0 Å². The van der Waals surface area contributed by atoms with Gasteiger partial charge in [-0.25, -0.2) is 0 Å². The summed E-state index contributed by atoms with van der Waals surface area (Å²) in [4.78, 5) is 0. The van der Waals surface area contributed by atoms with Crippen molar-refractivity contribution < 1.29 is 19.3 Å². The molecule has 1 aromatic carbocycles. The minimum atomic E-state index is -0.946. The van der Waals surface area contributed by atoms with E-state index in [2.05, 4.69) is 0 Å². The average molecular weight is 278 g/mol. The monoisotopic (exact) mass is 278 g/mol. The zero-order valence-corrected chi connectivity index (χ0v) is 12.4. The topological polar surface area (TPSA) is 47.9 Å². The Hall–Kier alpha value is -1.42. The molecule has 0 fully saturated rings. The lowest BCUT2D eigenvalue weighted by atomic mass is 9.84. The van der Waals surface area contributed by atoms with Crippen molar-refractivity contribution in [3.63, 3.8) is 0 Å². The predicted molar refractivity (Wildman–Crippen MR) is 75.9 cm³/mol. The Labute approximate surface area is 119 Å². The van der Waals surface area contributed by atoms with E-state index >= 15 is 0 Å². The van der Waals surface area contributed by atoms with Crippen molar-refractivity contribution in [1.82, 2.24) is 0 Å². The molecule has 0 aromatic heterocycles. The molecule has 20 heavy (non-hydrogen) atoms. The molecule has 0 unspecified atom stereocenters. The third-order valence-electron chi connectivity index (χ3n) is 4.01. The third-order valence-corrected chi connectivity index (χ3v) is 4.01. The first-order valence-electron chi connectivity index (χ1n) is 7.28. The number of hydrogen-bond donors (Lipinski definition) is 1. The van der Waals surface area contributed by atoms with Crippen LogP contribution in [0.2, 0.25) is 0 Å². The predicted octanol–water partition coefficient (Wildman–Crippen LogP) is 2.57. The molecule has 0 radical (unpaired) electrons. The van der Waals surface area contributed by atoms with Crippen LogP contribution in [0.3, 0.4) is 0 Å². The highest BCUT2D eigenvalue weighted by Gasteiger charge is 2.35. The number of aliphatic hydroxyl groups is 1. The molecule has 0 spiro atoms. The molecule has 4 nitrogen and oxygen atoms in total. The van der Waals surface area contributed by atoms with Crippen LogP contribution in [-0.4, -0.2) is 25.4 Å². The van der Waals surface area contributed by atoms with Crippen LogP contribution >= 0.6 is 0 Å². The Morgan fingerprint density at radius 2 is 1.60 bits per heavy atom. The van der Waals surface area contributed by atoms with Gasteiger partial charge >= 0.3 is 0 Å². The second kappa shape index (κ2) is 4.85. The summed E-state index contributed by atoms with van der Waals surface area (Å²) in [5.41, 5.74) is 2.01. The summed E-state index contributed by atoms with van der Waals surface area (Å²) in [5, 5.41) is 10.6. The van der Waals surface area contributed by atoms with Crippen LogP contribution in [0.5, 0.6) is 17.2 Å². The van der Waals surface area contributed by atoms with E-state index in [1.165, 1.54) is 0 Å². The number of rotatable bonds is 2. The normalized spacial score (nSPS) is 17.6. The van der Waals surface area contributed by atoms with Gasteiger partial charge in [-0.15, -0.1) is 0 Å². The largest absolute Gasteiger partial charge is 0.493 e. The quantitative estimate of drug-likeness (QED) is 0.903. The molecule has 3 rings (SSSR count). The second-order valence-electron chi connectivity index (χ2n) is 5.99. The van der Waals surface area contributed by atoms with E-state index in [1.807, 2.05) is 13.8 Å². The van der Waals surface area contributed by atoms with Gasteiger partial charge in [0.05, 0.1) is 25.9 Å². The molecule has 0 aliphatic carbocycles. The standard InChI is InChI=1S/C16H22O4/c1-16(2,17)12-10-6-4-9-20-15(10)14(18-3)11-7-5-8-19-13(11)12/h17H,4-9H2,1-3H3. The van der Waals surface area contributed by atoms with Crippen LogP contribution in [0.1, 0.15) is 43.4 Å². The summed E-state index contributed by atoms with van der Waals surface area (Å²) in [6.07, 6.45) is 3.71. The van der Waals surface area contributed by atoms with Crippen molar-refractivity contribution in [3.8, 4) is 17.2 Å². The van der Waals surface area contributed by atoms with E-state index in [0.29, 0.717) is 13.2 Å². The van der Waals surface area contributed by atoms with Gasteiger partial charge in [-0.2, -0.15) is 0 Å². The number of hydrogen-bond acceptors (Lipinski definition) is 4. The van der Waals surface area contributed by atoms with Crippen LogP contribution in [0.15, 0.2) is 0 Å². The molecule has 0 bridgehead atoms. The zero-order chi connectivity index (χ0) is 14.3. The zero-order valence-electron chi connectivity index (χ0n) is 12.4. The van der Waals surface area contributed by atoms with Gasteiger partial charge in [-0.3, -0.25) is 0 Å². The first kappa shape index (κ1) is 13.6. The van der Waals surface area contributed by atoms with Gasteiger partial charge in [0, 0.05) is 16.7 Å². The molecule has 0 saturated heterocycles.